The summed E-state index contributed by atoms with van der Waals surface area (Å²) >= 11 is 0. The zero-order valence-electron chi connectivity index (χ0n) is 51.5. The van der Waals surface area contributed by atoms with Gasteiger partial charge in [0.15, 0.2) is 6.10 Å². The van der Waals surface area contributed by atoms with Crippen molar-refractivity contribution in [1.29, 1.82) is 0 Å². The van der Waals surface area contributed by atoms with Crippen LogP contribution in [-0.4, -0.2) is 74.9 Å². The largest absolute Gasteiger partial charge is 0.472 e. The van der Waals surface area contributed by atoms with Crippen molar-refractivity contribution in [2.24, 2.45) is 0 Å². The Kier molecular flexibility index (Phi) is 56.5. The van der Waals surface area contributed by atoms with Crippen LogP contribution < -0.4 is 0 Å². The van der Waals surface area contributed by atoms with Crippen molar-refractivity contribution in [3.63, 3.8) is 0 Å². The highest BCUT2D eigenvalue weighted by molar-refractivity contribution is 7.47. The lowest BCUT2D eigenvalue weighted by molar-refractivity contribution is -0.870. The van der Waals surface area contributed by atoms with Crippen LogP contribution >= 0.6 is 7.82 Å². The zero-order chi connectivity index (χ0) is 58.4. The van der Waals surface area contributed by atoms with Gasteiger partial charge in [0.1, 0.15) is 19.8 Å². The number of esters is 2. The zero-order valence-corrected chi connectivity index (χ0v) is 52.4. The van der Waals surface area contributed by atoms with E-state index in [1.807, 2.05) is 21.1 Å². The molecule has 0 aromatic carbocycles. The molecule has 2 unspecified atom stereocenters. The highest BCUT2D eigenvalue weighted by Gasteiger charge is 2.27. The number of phosphoric acid groups is 1. The number of phosphoric ester groups is 1. The molecule has 0 saturated heterocycles. The molecule has 1 N–H and O–H groups in total. The van der Waals surface area contributed by atoms with Crippen molar-refractivity contribution >= 4 is 19.8 Å². The quantitative estimate of drug-likeness (QED) is 0.0211. The van der Waals surface area contributed by atoms with Crippen LogP contribution in [0.1, 0.15) is 232 Å². The van der Waals surface area contributed by atoms with E-state index in [2.05, 4.69) is 160 Å². The highest BCUT2D eigenvalue weighted by Crippen LogP contribution is 2.43. The standard InChI is InChI=1S/C70H116NO8P/c1-6-8-10-12-14-16-18-20-22-24-25-26-27-28-29-30-31-32-33-34-35-36-37-38-39-40-41-42-43-44-45-47-49-51-53-55-57-59-61-63-70(73)79-68(67-78-80(74,75)77-65-64-71(3,4)5)66-76-69(72)62-60-58-56-54-52-50-48-46-23-21-19-17-15-13-11-9-7-2/h8,10,14-17,20-23,25-26,28-29,31-32,34-35,37-38,40-41,43-44,68H,6-7,9,11-13,18-19,24,27,30,33,36,39,42,45-67H2,1-5H3/p+1/b10-8-,16-14-,17-15-,22-20-,23-21-,26-25-,29-28-,32-31-,35-34-,38-37-,41-40-,44-43-. The second-order valence-corrected chi connectivity index (χ2v) is 23.2. The van der Waals surface area contributed by atoms with Crippen LogP contribution in [0.3, 0.4) is 0 Å². The Morgan fingerprint density at radius 2 is 0.713 bits per heavy atom. The van der Waals surface area contributed by atoms with Gasteiger partial charge in [-0.3, -0.25) is 18.6 Å². The maximum Gasteiger partial charge on any atom is 0.472 e. The highest BCUT2D eigenvalue weighted by atomic mass is 31.2. The van der Waals surface area contributed by atoms with Gasteiger partial charge in [0.05, 0.1) is 27.7 Å². The number of hydrogen-bond acceptors (Lipinski definition) is 7. The molecule has 0 rings (SSSR count). The van der Waals surface area contributed by atoms with Crippen molar-refractivity contribution in [3.8, 4) is 0 Å². The molecule has 0 amide bonds. The van der Waals surface area contributed by atoms with Crippen LogP contribution in [0.25, 0.3) is 0 Å². The van der Waals surface area contributed by atoms with Gasteiger partial charge in [-0.25, -0.2) is 4.57 Å². The minimum Gasteiger partial charge on any atom is -0.462 e. The van der Waals surface area contributed by atoms with Gasteiger partial charge >= 0.3 is 19.8 Å². The maximum absolute atomic E-state index is 12.8. The van der Waals surface area contributed by atoms with Crippen LogP contribution in [0.15, 0.2) is 146 Å². The molecule has 0 aliphatic heterocycles. The summed E-state index contributed by atoms with van der Waals surface area (Å²) in [6.45, 7) is 4.26. The monoisotopic (exact) mass is 1130 g/mol. The summed E-state index contributed by atoms with van der Waals surface area (Å²) in [5.41, 5.74) is 0. The number of nitrogens with zero attached hydrogens (tertiary/aromatic N) is 1. The molecule has 0 radical (unpaired) electrons. The Bertz CT molecular complexity index is 1860. The number of carbonyl (C=O) groups is 2. The normalized spacial score (nSPS) is 14.2. The van der Waals surface area contributed by atoms with Crippen LogP contribution in [0.2, 0.25) is 0 Å². The van der Waals surface area contributed by atoms with Gasteiger partial charge in [-0.2, -0.15) is 0 Å². The predicted molar refractivity (Wildman–Crippen MR) is 343 cm³/mol. The van der Waals surface area contributed by atoms with Gasteiger partial charge in [0, 0.05) is 12.8 Å². The minimum atomic E-state index is -4.40. The fourth-order valence-corrected chi connectivity index (χ4v) is 8.76. The lowest BCUT2D eigenvalue weighted by Gasteiger charge is -2.24. The van der Waals surface area contributed by atoms with Crippen molar-refractivity contribution in [2.45, 2.75) is 238 Å². The summed E-state index contributed by atoms with van der Waals surface area (Å²) in [7, 11) is 1.45. The third kappa shape index (κ3) is 63.1. The summed E-state index contributed by atoms with van der Waals surface area (Å²) in [6.07, 6.45) is 87.8. The summed E-state index contributed by atoms with van der Waals surface area (Å²) < 4.78 is 34.6. The lowest BCUT2D eigenvalue weighted by atomic mass is 10.1. The van der Waals surface area contributed by atoms with E-state index in [1.165, 1.54) is 70.6 Å². The second kappa shape index (κ2) is 59.5. The van der Waals surface area contributed by atoms with Crippen LogP contribution in [-0.2, 0) is 32.7 Å². The van der Waals surface area contributed by atoms with E-state index in [0.717, 1.165) is 128 Å². The van der Waals surface area contributed by atoms with Gasteiger partial charge in [-0.1, -0.05) is 243 Å². The molecule has 0 aromatic rings. The fraction of sp³-hybridized carbons (Fsp3) is 0.629. The SMILES string of the molecule is CC/C=C\C/C=C\C/C=C\C/C=C\C/C=C\C/C=C\C/C=C\C/C=C\C/C=C\C/C=C\CCCCCCCCCCC(=O)OC(COC(=O)CCCCCCCCC/C=C\C/C=C\CCCCC)COP(=O)(O)OCC[N+](C)(C)C. The first-order chi connectivity index (χ1) is 39.0. The second-order valence-electron chi connectivity index (χ2n) is 21.7. The number of likely N-dealkylation sites (N-methyl/N-ethyl adjacent to an activating group) is 1. The molecule has 0 bridgehead atoms. The topological polar surface area (TPSA) is 108 Å². The van der Waals surface area contributed by atoms with Gasteiger partial charge < -0.3 is 18.9 Å². The van der Waals surface area contributed by atoms with E-state index in [-0.39, 0.29) is 32.0 Å². The number of ether oxygens (including phenoxy) is 2. The predicted octanol–water partition coefficient (Wildman–Crippen LogP) is 20.3. The van der Waals surface area contributed by atoms with E-state index >= 15 is 0 Å². The first kappa shape index (κ1) is 75.9. The first-order valence-electron chi connectivity index (χ1n) is 31.6. The van der Waals surface area contributed by atoms with E-state index in [1.54, 1.807) is 0 Å². The molecule has 80 heavy (non-hydrogen) atoms. The number of carbonyl (C=O) groups excluding carboxylic acids is 2. The molecule has 0 spiro atoms. The van der Waals surface area contributed by atoms with Gasteiger partial charge in [-0.05, 0) is 122 Å². The average Bonchev–Trinajstić information content (AvgIpc) is 3.42. The lowest BCUT2D eigenvalue weighted by Crippen LogP contribution is -2.37. The molecule has 0 heterocycles. The molecular weight excluding hydrogens is 1010 g/mol. The molecular formula is C70H117NO8P+. The Hall–Kier alpha value is -4.11. The van der Waals surface area contributed by atoms with Crippen molar-refractivity contribution in [3.05, 3.63) is 146 Å². The Morgan fingerprint density at radius 3 is 1.06 bits per heavy atom. The molecule has 10 heteroatoms. The first-order valence-corrected chi connectivity index (χ1v) is 33.1. The molecule has 2 atom stereocenters. The third-order valence-electron chi connectivity index (χ3n) is 12.9. The van der Waals surface area contributed by atoms with E-state index in [4.69, 9.17) is 18.5 Å². The van der Waals surface area contributed by atoms with Crippen LogP contribution in [0, 0.1) is 0 Å². The Labute approximate surface area is 491 Å². The summed E-state index contributed by atoms with van der Waals surface area (Å²) in [5.74, 6) is -0.824. The number of allylic oxidation sites excluding steroid dienone is 24. The minimum absolute atomic E-state index is 0.0214. The van der Waals surface area contributed by atoms with Gasteiger partial charge in [0.2, 0.25) is 0 Å². The molecule has 9 nitrogen and oxygen atoms in total. The molecule has 0 aromatic heterocycles. The third-order valence-corrected chi connectivity index (χ3v) is 13.8. The Morgan fingerprint density at radius 1 is 0.400 bits per heavy atom. The number of unbranched alkanes of at least 4 members (excludes halogenated alkanes) is 18. The number of hydrogen-bond donors (Lipinski definition) is 1. The summed E-state index contributed by atoms with van der Waals surface area (Å²) in [5, 5.41) is 0. The number of rotatable bonds is 56. The van der Waals surface area contributed by atoms with E-state index in [0.29, 0.717) is 17.4 Å². The van der Waals surface area contributed by atoms with Crippen molar-refractivity contribution < 1.29 is 42.1 Å². The van der Waals surface area contributed by atoms with Gasteiger partial charge in [-0.15, -0.1) is 0 Å². The molecule has 0 aliphatic carbocycles. The van der Waals surface area contributed by atoms with Crippen molar-refractivity contribution in [2.75, 3.05) is 47.5 Å². The molecule has 0 saturated carbocycles. The molecule has 454 valence electrons. The fourth-order valence-electron chi connectivity index (χ4n) is 8.01. The van der Waals surface area contributed by atoms with Crippen LogP contribution in [0.5, 0.6) is 0 Å². The maximum atomic E-state index is 12.8. The summed E-state index contributed by atoms with van der Waals surface area (Å²) in [4.78, 5) is 35.7. The smallest absolute Gasteiger partial charge is 0.462 e. The molecule has 0 fully saturated rings. The van der Waals surface area contributed by atoms with E-state index < -0.39 is 26.5 Å². The van der Waals surface area contributed by atoms with Crippen LogP contribution in [0.4, 0.5) is 0 Å². The summed E-state index contributed by atoms with van der Waals surface area (Å²) in [6, 6.07) is 0. The number of quaternary nitrogens is 1. The average molecular weight is 1130 g/mol. The molecule has 0 aliphatic rings. The van der Waals surface area contributed by atoms with Gasteiger partial charge in [0.25, 0.3) is 0 Å². The Balaban J connectivity index is 4.15. The van der Waals surface area contributed by atoms with Crippen molar-refractivity contribution in [1.82, 2.24) is 0 Å². The van der Waals surface area contributed by atoms with E-state index in [9.17, 15) is 19.0 Å².